The predicted molar refractivity (Wildman–Crippen MR) is 35.0 cm³/mol. The molecule has 4 heteroatoms. The van der Waals surface area contributed by atoms with E-state index in [0.29, 0.717) is 13.1 Å². The van der Waals surface area contributed by atoms with Crippen LogP contribution in [-0.4, -0.2) is 29.9 Å². The SMILES string of the molecule is CCC(=O)N1CNC(=O)C1. The number of hydrogen-bond donors (Lipinski definition) is 1. The van der Waals surface area contributed by atoms with Gasteiger partial charge in [-0.2, -0.15) is 0 Å². The van der Waals surface area contributed by atoms with E-state index in [0.717, 1.165) is 0 Å². The molecule has 1 N–H and O–H groups in total. The Bertz CT molecular complexity index is 167. The summed E-state index contributed by atoms with van der Waals surface area (Å²) < 4.78 is 0. The van der Waals surface area contributed by atoms with E-state index in [-0.39, 0.29) is 18.4 Å². The summed E-state index contributed by atoms with van der Waals surface area (Å²) in [5.41, 5.74) is 0. The van der Waals surface area contributed by atoms with E-state index in [1.807, 2.05) is 0 Å². The van der Waals surface area contributed by atoms with Gasteiger partial charge in [-0.05, 0) is 0 Å². The molecule has 0 aromatic carbocycles. The highest BCUT2D eigenvalue weighted by Crippen LogP contribution is 1.96. The number of carbonyl (C=O) groups is 2. The molecule has 2 amide bonds. The number of carbonyl (C=O) groups excluding carboxylic acids is 2. The van der Waals surface area contributed by atoms with E-state index < -0.39 is 0 Å². The molecule has 4 nitrogen and oxygen atoms in total. The van der Waals surface area contributed by atoms with E-state index in [4.69, 9.17) is 0 Å². The summed E-state index contributed by atoms with van der Waals surface area (Å²) in [6, 6.07) is 0. The summed E-state index contributed by atoms with van der Waals surface area (Å²) >= 11 is 0. The van der Waals surface area contributed by atoms with Crippen molar-refractivity contribution in [3.8, 4) is 0 Å². The molecule has 1 fully saturated rings. The first-order chi connectivity index (χ1) is 4.74. The van der Waals surface area contributed by atoms with Crippen molar-refractivity contribution < 1.29 is 9.59 Å². The minimum absolute atomic E-state index is 0.0263. The first kappa shape index (κ1) is 7.05. The molecule has 1 heterocycles. The first-order valence-electron chi connectivity index (χ1n) is 3.28. The summed E-state index contributed by atoms with van der Waals surface area (Å²) in [6.07, 6.45) is 0.467. The zero-order valence-corrected chi connectivity index (χ0v) is 5.89. The second-order valence-electron chi connectivity index (χ2n) is 2.20. The highest BCUT2D eigenvalue weighted by Gasteiger charge is 2.21. The van der Waals surface area contributed by atoms with Crippen LogP contribution in [0, 0.1) is 0 Å². The highest BCUT2D eigenvalue weighted by atomic mass is 16.2. The molecule has 1 saturated heterocycles. The highest BCUT2D eigenvalue weighted by molar-refractivity contribution is 5.87. The fourth-order valence-corrected chi connectivity index (χ4v) is 0.869. The molecule has 0 atom stereocenters. The fourth-order valence-electron chi connectivity index (χ4n) is 0.869. The topological polar surface area (TPSA) is 49.4 Å². The van der Waals surface area contributed by atoms with Gasteiger partial charge in [-0.25, -0.2) is 0 Å². The smallest absolute Gasteiger partial charge is 0.241 e. The van der Waals surface area contributed by atoms with Gasteiger partial charge in [-0.1, -0.05) is 6.92 Å². The minimum atomic E-state index is -0.0678. The van der Waals surface area contributed by atoms with Crippen LogP contribution in [-0.2, 0) is 9.59 Å². The fraction of sp³-hybridized carbons (Fsp3) is 0.667. The molecular weight excluding hydrogens is 132 g/mol. The van der Waals surface area contributed by atoms with Crippen LogP contribution in [0.4, 0.5) is 0 Å². The van der Waals surface area contributed by atoms with Crippen LogP contribution in [0.5, 0.6) is 0 Å². The van der Waals surface area contributed by atoms with Crippen molar-refractivity contribution >= 4 is 11.8 Å². The molecule has 0 aromatic rings. The van der Waals surface area contributed by atoms with Gasteiger partial charge in [0, 0.05) is 6.42 Å². The number of hydrogen-bond acceptors (Lipinski definition) is 2. The Morgan fingerprint density at radius 2 is 2.50 bits per heavy atom. The molecule has 1 aliphatic heterocycles. The summed E-state index contributed by atoms with van der Waals surface area (Å²) in [7, 11) is 0. The largest absolute Gasteiger partial charge is 0.337 e. The van der Waals surface area contributed by atoms with Crippen LogP contribution in [0.3, 0.4) is 0 Å². The maximum absolute atomic E-state index is 10.9. The summed E-state index contributed by atoms with van der Waals surface area (Å²) in [4.78, 5) is 23.0. The average molecular weight is 142 g/mol. The lowest BCUT2D eigenvalue weighted by Gasteiger charge is -2.10. The van der Waals surface area contributed by atoms with E-state index in [9.17, 15) is 9.59 Å². The van der Waals surface area contributed by atoms with Crippen molar-refractivity contribution in [2.45, 2.75) is 13.3 Å². The van der Waals surface area contributed by atoms with Gasteiger partial charge < -0.3 is 10.2 Å². The lowest BCUT2D eigenvalue weighted by Crippen LogP contribution is -2.28. The van der Waals surface area contributed by atoms with Gasteiger partial charge in [0.25, 0.3) is 0 Å². The molecule has 0 bridgehead atoms. The van der Waals surface area contributed by atoms with E-state index in [1.165, 1.54) is 4.90 Å². The van der Waals surface area contributed by atoms with Crippen molar-refractivity contribution in [3.63, 3.8) is 0 Å². The molecule has 0 aliphatic carbocycles. The quantitative estimate of drug-likeness (QED) is 0.527. The van der Waals surface area contributed by atoms with Crippen LogP contribution >= 0.6 is 0 Å². The molecule has 10 heavy (non-hydrogen) atoms. The third-order valence-corrected chi connectivity index (χ3v) is 1.46. The van der Waals surface area contributed by atoms with Crippen molar-refractivity contribution in [2.24, 2.45) is 0 Å². The number of amides is 2. The molecule has 56 valence electrons. The normalized spacial score (nSPS) is 17.3. The number of rotatable bonds is 1. The second-order valence-corrected chi connectivity index (χ2v) is 2.20. The lowest BCUT2D eigenvalue weighted by atomic mass is 10.4. The average Bonchev–Trinajstić information content (AvgIpc) is 2.34. The first-order valence-corrected chi connectivity index (χ1v) is 3.28. The zero-order chi connectivity index (χ0) is 7.56. The molecule has 1 aliphatic rings. The van der Waals surface area contributed by atoms with Gasteiger partial charge in [0.05, 0.1) is 6.67 Å². The van der Waals surface area contributed by atoms with Crippen LogP contribution < -0.4 is 5.32 Å². The van der Waals surface area contributed by atoms with Gasteiger partial charge in [-0.3, -0.25) is 9.59 Å². The van der Waals surface area contributed by atoms with Crippen LogP contribution in [0.1, 0.15) is 13.3 Å². The van der Waals surface area contributed by atoms with E-state index in [1.54, 1.807) is 6.92 Å². The standard InChI is InChI=1S/C6H10N2O2/c1-2-6(10)8-3-5(9)7-4-8/h2-4H2,1H3,(H,7,9). The predicted octanol–water partition coefficient (Wildman–Crippen LogP) is -0.688. The molecule has 1 rings (SSSR count). The van der Waals surface area contributed by atoms with Crippen LogP contribution in [0.15, 0.2) is 0 Å². The Hall–Kier alpha value is -1.06. The summed E-state index contributed by atoms with van der Waals surface area (Å²) in [5.74, 6) is -0.0415. The van der Waals surface area contributed by atoms with Crippen LogP contribution in [0.25, 0.3) is 0 Å². The molecular formula is C6H10N2O2. The third-order valence-electron chi connectivity index (χ3n) is 1.46. The maximum atomic E-state index is 10.9. The Kier molecular flexibility index (Phi) is 1.89. The molecule has 0 aromatic heterocycles. The van der Waals surface area contributed by atoms with Gasteiger partial charge >= 0.3 is 0 Å². The van der Waals surface area contributed by atoms with Gasteiger partial charge in [0.1, 0.15) is 6.54 Å². The van der Waals surface area contributed by atoms with Crippen molar-refractivity contribution in [3.05, 3.63) is 0 Å². The third kappa shape index (κ3) is 1.26. The van der Waals surface area contributed by atoms with Gasteiger partial charge in [0.15, 0.2) is 0 Å². The van der Waals surface area contributed by atoms with Crippen molar-refractivity contribution in [2.75, 3.05) is 13.2 Å². The van der Waals surface area contributed by atoms with E-state index >= 15 is 0 Å². The lowest BCUT2D eigenvalue weighted by molar-refractivity contribution is -0.131. The second kappa shape index (κ2) is 2.68. The van der Waals surface area contributed by atoms with Gasteiger partial charge in [-0.15, -0.1) is 0 Å². The molecule has 0 saturated carbocycles. The Balaban J connectivity index is 2.44. The Labute approximate surface area is 59.2 Å². The minimum Gasteiger partial charge on any atom is -0.337 e. The monoisotopic (exact) mass is 142 g/mol. The molecule has 0 spiro atoms. The van der Waals surface area contributed by atoms with Crippen molar-refractivity contribution in [1.82, 2.24) is 10.2 Å². The Morgan fingerprint density at radius 1 is 1.80 bits per heavy atom. The van der Waals surface area contributed by atoms with Crippen molar-refractivity contribution in [1.29, 1.82) is 0 Å². The van der Waals surface area contributed by atoms with Crippen LogP contribution in [0.2, 0.25) is 0 Å². The molecule has 0 radical (unpaired) electrons. The zero-order valence-electron chi connectivity index (χ0n) is 5.89. The maximum Gasteiger partial charge on any atom is 0.241 e. The van der Waals surface area contributed by atoms with E-state index in [2.05, 4.69) is 5.32 Å². The molecule has 0 unspecified atom stereocenters. The Morgan fingerprint density at radius 3 is 2.90 bits per heavy atom. The number of nitrogens with one attached hydrogen (secondary N) is 1. The van der Waals surface area contributed by atoms with Gasteiger partial charge in [0.2, 0.25) is 11.8 Å². The summed E-state index contributed by atoms with van der Waals surface area (Å²) in [6.45, 7) is 2.39. The number of nitrogens with zero attached hydrogens (tertiary/aromatic N) is 1. The summed E-state index contributed by atoms with van der Waals surface area (Å²) in [5, 5.41) is 2.55.